The van der Waals surface area contributed by atoms with Gasteiger partial charge in [0.15, 0.2) is 0 Å². The summed E-state index contributed by atoms with van der Waals surface area (Å²) in [7, 11) is 0. The highest BCUT2D eigenvalue weighted by molar-refractivity contribution is 7.18. The first kappa shape index (κ1) is 10.2. The number of thiazole rings is 1. The monoisotopic (exact) mass is 224 g/mol. The minimum absolute atomic E-state index is 0.308. The fourth-order valence-electron chi connectivity index (χ4n) is 1.50. The van der Waals surface area contributed by atoms with E-state index in [9.17, 15) is 4.79 Å². The maximum absolute atomic E-state index is 11.5. The molecule has 0 aliphatic carbocycles. The number of nitrogens with zero attached hydrogens (tertiary/aromatic N) is 1. The van der Waals surface area contributed by atoms with Crippen LogP contribution in [0, 0.1) is 13.8 Å². The molecular formula is C10H12N2O2S. The summed E-state index contributed by atoms with van der Waals surface area (Å²) in [4.78, 5) is 19.9. The number of carbonyl (C=O) groups is 1. The van der Waals surface area contributed by atoms with Crippen LogP contribution in [0.25, 0.3) is 10.3 Å². The second-order valence-corrected chi connectivity index (χ2v) is 4.46. The summed E-state index contributed by atoms with van der Waals surface area (Å²) in [5.74, 6) is -0.308. The Kier molecular flexibility index (Phi) is 2.48. The average Bonchev–Trinajstić information content (AvgIpc) is 2.66. The van der Waals surface area contributed by atoms with Crippen LogP contribution in [0.2, 0.25) is 0 Å². The summed E-state index contributed by atoms with van der Waals surface area (Å²) in [5.41, 5.74) is 2.26. The highest BCUT2D eigenvalue weighted by Gasteiger charge is 2.17. The fraction of sp³-hybridized carbons (Fsp3) is 0.400. The second kappa shape index (κ2) is 3.66. The van der Waals surface area contributed by atoms with Crippen LogP contribution in [0.5, 0.6) is 0 Å². The molecule has 15 heavy (non-hydrogen) atoms. The van der Waals surface area contributed by atoms with Gasteiger partial charge in [0, 0.05) is 5.56 Å². The molecule has 0 atom stereocenters. The summed E-state index contributed by atoms with van der Waals surface area (Å²) in [6.07, 6.45) is 0. The molecule has 1 N–H and O–H groups in total. The number of H-pyrrole nitrogens is 1. The predicted molar refractivity (Wildman–Crippen MR) is 59.4 cm³/mol. The Morgan fingerprint density at radius 3 is 2.87 bits per heavy atom. The topological polar surface area (TPSA) is 55.0 Å². The van der Waals surface area contributed by atoms with Gasteiger partial charge in [0.2, 0.25) is 0 Å². The van der Waals surface area contributed by atoms with Crippen molar-refractivity contribution in [3.63, 3.8) is 0 Å². The van der Waals surface area contributed by atoms with E-state index < -0.39 is 0 Å². The Morgan fingerprint density at radius 1 is 1.53 bits per heavy atom. The van der Waals surface area contributed by atoms with Crippen LogP contribution < -0.4 is 0 Å². The van der Waals surface area contributed by atoms with E-state index in [0.717, 1.165) is 20.9 Å². The lowest BCUT2D eigenvalue weighted by atomic mass is 10.2. The van der Waals surface area contributed by atoms with Crippen LogP contribution >= 0.6 is 11.3 Å². The zero-order chi connectivity index (χ0) is 11.0. The van der Waals surface area contributed by atoms with Crippen molar-refractivity contribution in [3.8, 4) is 0 Å². The van der Waals surface area contributed by atoms with Crippen LogP contribution in [0.1, 0.15) is 28.0 Å². The highest BCUT2D eigenvalue weighted by atomic mass is 32.1. The Hall–Kier alpha value is -1.36. The van der Waals surface area contributed by atoms with Gasteiger partial charge in [-0.2, -0.15) is 0 Å². The van der Waals surface area contributed by atoms with Gasteiger partial charge in [0.25, 0.3) is 0 Å². The average molecular weight is 224 g/mol. The van der Waals surface area contributed by atoms with Crippen molar-refractivity contribution in [1.29, 1.82) is 0 Å². The highest BCUT2D eigenvalue weighted by Crippen LogP contribution is 2.26. The molecular weight excluding hydrogens is 212 g/mol. The van der Waals surface area contributed by atoms with Gasteiger partial charge in [0.1, 0.15) is 16.0 Å². The molecule has 0 unspecified atom stereocenters. The smallest absolute Gasteiger partial charge is 0.355 e. The zero-order valence-electron chi connectivity index (χ0n) is 8.88. The van der Waals surface area contributed by atoms with E-state index in [1.165, 1.54) is 0 Å². The van der Waals surface area contributed by atoms with E-state index in [-0.39, 0.29) is 5.97 Å². The van der Waals surface area contributed by atoms with Gasteiger partial charge < -0.3 is 9.72 Å². The first-order chi connectivity index (χ1) is 7.13. The van der Waals surface area contributed by atoms with Crippen molar-refractivity contribution in [1.82, 2.24) is 9.97 Å². The molecule has 80 valence electrons. The van der Waals surface area contributed by atoms with Crippen molar-refractivity contribution >= 4 is 27.7 Å². The third kappa shape index (κ3) is 1.63. The number of hydrogen-bond acceptors (Lipinski definition) is 4. The molecule has 0 aliphatic heterocycles. The molecule has 0 amide bonds. The quantitative estimate of drug-likeness (QED) is 0.797. The van der Waals surface area contributed by atoms with Gasteiger partial charge in [-0.3, -0.25) is 0 Å². The number of rotatable bonds is 2. The second-order valence-electron chi connectivity index (χ2n) is 3.26. The Morgan fingerprint density at radius 2 is 2.27 bits per heavy atom. The Labute approximate surface area is 91.3 Å². The van der Waals surface area contributed by atoms with E-state index >= 15 is 0 Å². The molecule has 5 heteroatoms. The lowest BCUT2D eigenvalue weighted by Crippen LogP contribution is -2.06. The third-order valence-electron chi connectivity index (χ3n) is 2.18. The summed E-state index contributed by atoms with van der Waals surface area (Å²) < 4.78 is 4.94. The molecule has 0 aliphatic rings. The van der Waals surface area contributed by atoms with E-state index in [2.05, 4.69) is 9.97 Å². The van der Waals surface area contributed by atoms with Gasteiger partial charge in [-0.25, -0.2) is 9.78 Å². The van der Waals surface area contributed by atoms with E-state index in [1.54, 1.807) is 18.3 Å². The molecule has 2 heterocycles. The number of esters is 1. The third-order valence-corrected chi connectivity index (χ3v) is 3.07. The minimum Gasteiger partial charge on any atom is -0.461 e. The maximum Gasteiger partial charge on any atom is 0.355 e. The van der Waals surface area contributed by atoms with Gasteiger partial charge in [-0.05, 0) is 20.8 Å². The molecule has 0 spiro atoms. The number of aryl methyl sites for hydroxylation is 2. The molecule has 0 radical (unpaired) electrons. The summed E-state index contributed by atoms with van der Waals surface area (Å²) in [6, 6.07) is 0. The van der Waals surface area contributed by atoms with Crippen molar-refractivity contribution < 1.29 is 9.53 Å². The van der Waals surface area contributed by atoms with Gasteiger partial charge in [-0.15, -0.1) is 11.3 Å². The summed E-state index contributed by atoms with van der Waals surface area (Å²) in [6.45, 7) is 6.00. The van der Waals surface area contributed by atoms with Crippen LogP contribution in [-0.4, -0.2) is 22.5 Å². The number of hydrogen-bond donors (Lipinski definition) is 1. The number of ether oxygens (including phenoxy) is 1. The predicted octanol–water partition coefficient (Wildman–Crippen LogP) is 2.42. The normalized spacial score (nSPS) is 10.9. The first-order valence-electron chi connectivity index (χ1n) is 4.76. The molecule has 0 fully saturated rings. The number of nitrogens with one attached hydrogen (secondary N) is 1. The van der Waals surface area contributed by atoms with Gasteiger partial charge in [-0.1, -0.05) is 0 Å². The number of carbonyl (C=O) groups excluding carboxylic acids is 1. The molecule has 2 aromatic rings. The molecule has 0 bridgehead atoms. The van der Waals surface area contributed by atoms with Crippen LogP contribution in [0.15, 0.2) is 0 Å². The van der Waals surface area contributed by atoms with E-state index in [4.69, 9.17) is 4.74 Å². The van der Waals surface area contributed by atoms with Crippen molar-refractivity contribution in [2.75, 3.05) is 6.61 Å². The van der Waals surface area contributed by atoms with Crippen molar-refractivity contribution in [2.45, 2.75) is 20.8 Å². The molecule has 2 aromatic heterocycles. The molecule has 0 saturated carbocycles. The van der Waals surface area contributed by atoms with E-state index in [1.807, 2.05) is 13.8 Å². The maximum atomic E-state index is 11.5. The standard InChI is InChI=1S/C10H12N2O2S/c1-4-14-10(13)8-5(2)7-9(12-8)15-6(3)11-7/h12H,4H2,1-3H3. The lowest BCUT2D eigenvalue weighted by Gasteiger charge is -1.99. The van der Waals surface area contributed by atoms with Gasteiger partial charge in [0.05, 0.1) is 11.6 Å². The van der Waals surface area contributed by atoms with Crippen LogP contribution in [-0.2, 0) is 4.74 Å². The zero-order valence-corrected chi connectivity index (χ0v) is 9.70. The van der Waals surface area contributed by atoms with Gasteiger partial charge >= 0.3 is 5.97 Å². The molecule has 0 saturated heterocycles. The molecule has 4 nitrogen and oxygen atoms in total. The Bertz CT molecular complexity index is 513. The molecule has 2 rings (SSSR count). The minimum atomic E-state index is -0.308. The lowest BCUT2D eigenvalue weighted by molar-refractivity contribution is 0.0520. The number of aromatic nitrogens is 2. The van der Waals surface area contributed by atoms with Crippen LogP contribution in [0.4, 0.5) is 0 Å². The van der Waals surface area contributed by atoms with Crippen molar-refractivity contribution in [2.24, 2.45) is 0 Å². The molecule has 0 aromatic carbocycles. The number of aromatic amines is 1. The first-order valence-corrected chi connectivity index (χ1v) is 5.58. The largest absolute Gasteiger partial charge is 0.461 e. The van der Waals surface area contributed by atoms with Crippen LogP contribution in [0.3, 0.4) is 0 Å². The van der Waals surface area contributed by atoms with Crippen molar-refractivity contribution in [3.05, 3.63) is 16.3 Å². The SMILES string of the molecule is CCOC(=O)c1[nH]c2sc(C)nc2c1C. The summed E-state index contributed by atoms with van der Waals surface area (Å²) >= 11 is 1.55. The van der Waals surface area contributed by atoms with E-state index in [0.29, 0.717) is 12.3 Å². The number of fused-ring (bicyclic) bond motifs is 1. The fourth-order valence-corrected chi connectivity index (χ4v) is 2.38. The summed E-state index contributed by atoms with van der Waals surface area (Å²) in [5, 5.41) is 0.995. The Balaban J connectivity index is 2.49.